The quantitative estimate of drug-likeness (QED) is 0.923. The van der Waals surface area contributed by atoms with Gasteiger partial charge in [0.15, 0.2) is 0 Å². The van der Waals surface area contributed by atoms with E-state index in [-0.39, 0.29) is 5.56 Å². The molecule has 0 aliphatic heterocycles. The van der Waals surface area contributed by atoms with Crippen LogP contribution >= 0.6 is 0 Å². The van der Waals surface area contributed by atoms with Crippen molar-refractivity contribution < 1.29 is 8.78 Å². The second-order valence-electron chi connectivity index (χ2n) is 4.85. The van der Waals surface area contributed by atoms with Crippen molar-refractivity contribution in [3.05, 3.63) is 35.7 Å². The third-order valence-electron chi connectivity index (χ3n) is 3.48. The third-order valence-corrected chi connectivity index (χ3v) is 3.48. The summed E-state index contributed by atoms with van der Waals surface area (Å²) in [6, 6.07) is 3.47. The molecule has 1 aromatic heterocycles. The molecule has 1 saturated carbocycles. The van der Waals surface area contributed by atoms with Crippen LogP contribution in [0.1, 0.15) is 31.5 Å². The molecular weight excluding hydrogens is 248 g/mol. The molecule has 2 N–H and O–H groups in total. The molecule has 3 rings (SSSR count). The van der Waals surface area contributed by atoms with Crippen molar-refractivity contribution >= 4 is 5.82 Å². The summed E-state index contributed by atoms with van der Waals surface area (Å²) in [5, 5.41) is 0. The zero-order chi connectivity index (χ0) is 13.6. The average Bonchev–Trinajstić information content (AvgIpc) is 3.15. The molecule has 1 aliphatic carbocycles. The molecule has 5 heteroatoms. The van der Waals surface area contributed by atoms with Crippen LogP contribution < -0.4 is 5.73 Å². The summed E-state index contributed by atoms with van der Waals surface area (Å²) in [5.41, 5.74) is 6.73. The highest BCUT2D eigenvalue weighted by Crippen LogP contribution is 2.42. The molecule has 0 saturated heterocycles. The fraction of sp³-hybridized carbons (Fsp3) is 0.357. The number of benzene rings is 1. The van der Waals surface area contributed by atoms with Crippen LogP contribution in [-0.2, 0) is 6.54 Å². The van der Waals surface area contributed by atoms with Crippen molar-refractivity contribution in [2.75, 3.05) is 5.73 Å². The Morgan fingerprint density at radius 2 is 2.11 bits per heavy atom. The first-order valence-electron chi connectivity index (χ1n) is 6.43. The topological polar surface area (TPSA) is 43.8 Å². The normalized spacial score (nSPS) is 14.9. The average molecular weight is 263 g/mol. The van der Waals surface area contributed by atoms with Gasteiger partial charge in [0.05, 0.1) is 0 Å². The SMILES string of the molecule is CCn1c(C2CC2)nc(-c2ccc(F)cc2F)c1N. The van der Waals surface area contributed by atoms with E-state index < -0.39 is 11.6 Å². The van der Waals surface area contributed by atoms with Gasteiger partial charge in [-0.1, -0.05) is 0 Å². The molecule has 1 aromatic carbocycles. The molecule has 1 fully saturated rings. The number of anilines is 1. The molecule has 1 aliphatic rings. The zero-order valence-electron chi connectivity index (χ0n) is 10.7. The first-order chi connectivity index (χ1) is 9.11. The van der Waals surface area contributed by atoms with E-state index in [1.165, 1.54) is 12.1 Å². The minimum Gasteiger partial charge on any atom is -0.383 e. The Morgan fingerprint density at radius 3 is 2.68 bits per heavy atom. The number of rotatable bonds is 3. The fourth-order valence-corrected chi connectivity index (χ4v) is 2.35. The van der Waals surface area contributed by atoms with Crippen LogP contribution in [0.25, 0.3) is 11.3 Å². The molecule has 19 heavy (non-hydrogen) atoms. The maximum atomic E-state index is 13.8. The van der Waals surface area contributed by atoms with Gasteiger partial charge in [-0.2, -0.15) is 0 Å². The minimum atomic E-state index is -0.630. The molecule has 0 bridgehead atoms. The molecular formula is C14H15F2N3. The van der Waals surface area contributed by atoms with Gasteiger partial charge in [0.2, 0.25) is 0 Å². The lowest BCUT2D eigenvalue weighted by molar-refractivity contribution is 0.585. The number of nitrogens with two attached hydrogens (primary N) is 1. The van der Waals surface area contributed by atoms with Gasteiger partial charge >= 0.3 is 0 Å². The van der Waals surface area contributed by atoms with Crippen LogP contribution in [0.3, 0.4) is 0 Å². The summed E-state index contributed by atoms with van der Waals surface area (Å²) < 4.78 is 28.7. The number of hydrogen-bond donors (Lipinski definition) is 1. The molecule has 0 radical (unpaired) electrons. The molecule has 2 aromatic rings. The Hall–Kier alpha value is -1.91. The Bertz CT molecular complexity index is 630. The standard InChI is InChI=1S/C14H15F2N3/c1-2-19-13(17)12(18-14(19)8-3-4-8)10-6-5-9(15)7-11(10)16/h5-8H,2-4,17H2,1H3. The van der Waals surface area contributed by atoms with E-state index in [2.05, 4.69) is 4.98 Å². The summed E-state index contributed by atoms with van der Waals surface area (Å²) >= 11 is 0. The summed E-state index contributed by atoms with van der Waals surface area (Å²) in [5.74, 6) is 0.570. The predicted octanol–water partition coefficient (Wildman–Crippen LogP) is 3.31. The van der Waals surface area contributed by atoms with Crippen molar-refractivity contribution in [2.24, 2.45) is 0 Å². The largest absolute Gasteiger partial charge is 0.383 e. The number of halogens is 2. The lowest BCUT2D eigenvalue weighted by atomic mass is 10.1. The van der Waals surface area contributed by atoms with Gasteiger partial charge in [0, 0.05) is 24.1 Å². The zero-order valence-corrected chi connectivity index (χ0v) is 10.7. The first-order valence-corrected chi connectivity index (χ1v) is 6.43. The number of nitrogens with zero attached hydrogens (tertiary/aromatic N) is 2. The second-order valence-corrected chi connectivity index (χ2v) is 4.85. The van der Waals surface area contributed by atoms with Crippen LogP contribution in [0.2, 0.25) is 0 Å². The maximum absolute atomic E-state index is 13.8. The number of nitrogen functional groups attached to an aromatic ring is 1. The van der Waals surface area contributed by atoms with Crippen molar-refractivity contribution in [1.29, 1.82) is 0 Å². The lowest BCUT2D eigenvalue weighted by Crippen LogP contribution is -2.04. The minimum absolute atomic E-state index is 0.257. The van der Waals surface area contributed by atoms with E-state index in [1.807, 2.05) is 11.5 Å². The Labute approximate surface area is 110 Å². The van der Waals surface area contributed by atoms with E-state index in [4.69, 9.17) is 5.73 Å². The summed E-state index contributed by atoms with van der Waals surface area (Å²) in [6.45, 7) is 2.68. The molecule has 0 spiro atoms. The van der Waals surface area contributed by atoms with Gasteiger partial charge in [-0.15, -0.1) is 0 Å². The maximum Gasteiger partial charge on any atom is 0.135 e. The van der Waals surface area contributed by atoms with Gasteiger partial charge in [-0.3, -0.25) is 0 Å². The second kappa shape index (κ2) is 4.33. The molecule has 0 atom stereocenters. The van der Waals surface area contributed by atoms with Crippen molar-refractivity contribution in [3.8, 4) is 11.3 Å². The number of hydrogen-bond acceptors (Lipinski definition) is 2. The molecule has 1 heterocycles. The van der Waals surface area contributed by atoms with E-state index in [1.54, 1.807) is 0 Å². The van der Waals surface area contributed by atoms with Crippen LogP contribution in [0.15, 0.2) is 18.2 Å². The van der Waals surface area contributed by atoms with Crippen LogP contribution in [0.4, 0.5) is 14.6 Å². The van der Waals surface area contributed by atoms with Gasteiger partial charge < -0.3 is 10.3 Å². The Balaban J connectivity index is 2.14. The summed E-state index contributed by atoms with van der Waals surface area (Å²) in [4.78, 5) is 4.48. The third kappa shape index (κ3) is 1.99. The smallest absolute Gasteiger partial charge is 0.135 e. The summed E-state index contributed by atoms with van der Waals surface area (Å²) in [7, 11) is 0. The van der Waals surface area contributed by atoms with Crippen molar-refractivity contribution in [3.63, 3.8) is 0 Å². The van der Waals surface area contributed by atoms with Crippen LogP contribution in [-0.4, -0.2) is 9.55 Å². The first kappa shape index (κ1) is 12.1. The highest BCUT2D eigenvalue weighted by atomic mass is 19.1. The molecule has 100 valence electrons. The monoisotopic (exact) mass is 263 g/mol. The van der Waals surface area contributed by atoms with Crippen LogP contribution in [0.5, 0.6) is 0 Å². The predicted molar refractivity (Wildman–Crippen MR) is 69.6 cm³/mol. The fourth-order valence-electron chi connectivity index (χ4n) is 2.35. The Morgan fingerprint density at radius 1 is 1.37 bits per heavy atom. The van der Waals surface area contributed by atoms with Gasteiger partial charge in [0.1, 0.15) is 29.0 Å². The number of aromatic nitrogens is 2. The van der Waals surface area contributed by atoms with Crippen LogP contribution in [0, 0.1) is 11.6 Å². The van der Waals surface area contributed by atoms with E-state index >= 15 is 0 Å². The highest BCUT2D eigenvalue weighted by Gasteiger charge is 2.31. The summed E-state index contributed by atoms with van der Waals surface area (Å²) in [6.07, 6.45) is 2.20. The number of imidazole rings is 1. The van der Waals surface area contributed by atoms with Gasteiger partial charge in [-0.05, 0) is 31.9 Å². The van der Waals surface area contributed by atoms with E-state index in [0.29, 0.717) is 24.0 Å². The highest BCUT2D eigenvalue weighted by molar-refractivity contribution is 5.71. The van der Waals surface area contributed by atoms with Crippen molar-refractivity contribution in [1.82, 2.24) is 9.55 Å². The molecule has 0 unspecified atom stereocenters. The molecule has 3 nitrogen and oxygen atoms in total. The van der Waals surface area contributed by atoms with E-state index in [9.17, 15) is 8.78 Å². The molecule has 0 amide bonds. The Kier molecular flexibility index (Phi) is 2.77. The van der Waals surface area contributed by atoms with Gasteiger partial charge in [0.25, 0.3) is 0 Å². The van der Waals surface area contributed by atoms with Crippen molar-refractivity contribution in [2.45, 2.75) is 32.2 Å². The van der Waals surface area contributed by atoms with E-state index in [0.717, 1.165) is 24.7 Å². The van der Waals surface area contributed by atoms with Gasteiger partial charge in [-0.25, -0.2) is 13.8 Å². The lowest BCUT2D eigenvalue weighted by Gasteiger charge is -2.05.